The standard InChI is InChI=1S/C17H24N2O4/c1-4-12(20)14-15(13-8-7-11-23-13)19(17(22)16(14)21)10-9-18(5-2)6-3/h7-8,11,15,21H,4-6,9-10H2,1-3H3. The summed E-state index contributed by atoms with van der Waals surface area (Å²) in [5, 5.41) is 10.2. The van der Waals surface area contributed by atoms with E-state index in [9.17, 15) is 14.7 Å². The third-order valence-corrected chi connectivity index (χ3v) is 4.29. The van der Waals surface area contributed by atoms with Crippen LogP contribution in [0, 0.1) is 0 Å². The van der Waals surface area contributed by atoms with E-state index in [1.807, 2.05) is 0 Å². The van der Waals surface area contributed by atoms with Gasteiger partial charge in [0.05, 0.1) is 11.8 Å². The van der Waals surface area contributed by atoms with Gasteiger partial charge in [-0.25, -0.2) is 0 Å². The Morgan fingerprint density at radius 2 is 2.04 bits per heavy atom. The predicted molar refractivity (Wildman–Crippen MR) is 85.9 cm³/mol. The Hall–Kier alpha value is -2.08. The Bertz CT molecular complexity index is 588. The Kier molecular flexibility index (Phi) is 5.60. The number of furan rings is 1. The molecule has 0 bridgehead atoms. The van der Waals surface area contributed by atoms with E-state index < -0.39 is 17.7 Å². The van der Waals surface area contributed by atoms with Crippen LogP contribution >= 0.6 is 0 Å². The van der Waals surface area contributed by atoms with Crippen LogP contribution in [0.15, 0.2) is 34.1 Å². The van der Waals surface area contributed by atoms with Crippen LogP contribution < -0.4 is 0 Å². The number of Topliss-reactive ketones (excluding diaryl/α,β-unsaturated/α-hetero) is 1. The molecule has 0 spiro atoms. The molecule has 0 saturated carbocycles. The largest absolute Gasteiger partial charge is 0.503 e. The summed E-state index contributed by atoms with van der Waals surface area (Å²) in [6, 6.07) is 2.80. The van der Waals surface area contributed by atoms with Gasteiger partial charge in [0.15, 0.2) is 11.5 Å². The number of hydrogen-bond acceptors (Lipinski definition) is 5. The molecular formula is C17H24N2O4. The van der Waals surface area contributed by atoms with E-state index in [0.717, 1.165) is 13.1 Å². The van der Waals surface area contributed by atoms with E-state index in [4.69, 9.17) is 4.42 Å². The summed E-state index contributed by atoms with van der Waals surface area (Å²) < 4.78 is 5.42. The van der Waals surface area contributed by atoms with Crippen LogP contribution in [-0.4, -0.2) is 52.8 Å². The van der Waals surface area contributed by atoms with E-state index in [-0.39, 0.29) is 17.8 Å². The fourth-order valence-electron chi connectivity index (χ4n) is 2.89. The molecule has 6 nitrogen and oxygen atoms in total. The maximum Gasteiger partial charge on any atom is 0.290 e. The molecule has 0 radical (unpaired) electrons. The normalized spacial score (nSPS) is 18.3. The minimum Gasteiger partial charge on any atom is -0.503 e. The first-order valence-electron chi connectivity index (χ1n) is 8.08. The third kappa shape index (κ3) is 3.32. The molecule has 126 valence electrons. The molecule has 1 aliphatic heterocycles. The Morgan fingerprint density at radius 3 is 2.57 bits per heavy atom. The van der Waals surface area contributed by atoms with Crippen molar-refractivity contribution in [2.24, 2.45) is 0 Å². The van der Waals surface area contributed by atoms with Crippen molar-refractivity contribution in [3.05, 3.63) is 35.5 Å². The number of amides is 1. The highest BCUT2D eigenvalue weighted by atomic mass is 16.3. The Morgan fingerprint density at radius 1 is 1.35 bits per heavy atom. The van der Waals surface area contributed by atoms with Crippen molar-refractivity contribution in [2.45, 2.75) is 33.2 Å². The van der Waals surface area contributed by atoms with Crippen molar-refractivity contribution < 1.29 is 19.1 Å². The first-order chi connectivity index (χ1) is 11.0. The van der Waals surface area contributed by atoms with E-state index in [2.05, 4.69) is 18.7 Å². The molecule has 6 heteroatoms. The predicted octanol–water partition coefficient (Wildman–Crippen LogP) is 2.30. The highest BCUT2D eigenvalue weighted by molar-refractivity contribution is 6.08. The molecule has 2 heterocycles. The molecule has 1 atom stereocenters. The van der Waals surface area contributed by atoms with Gasteiger partial charge in [0.1, 0.15) is 11.8 Å². The molecule has 0 fully saturated rings. The van der Waals surface area contributed by atoms with Crippen molar-refractivity contribution in [3.63, 3.8) is 0 Å². The number of aliphatic hydroxyl groups is 1. The second-order valence-electron chi connectivity index (χ2n) is 5.48. The fraction of sp³-hybridized carbons (Fsp3) is 0.529. The van der Waals surface area contributed by atoms with Crippen LogP contribution in [0.25, 0.3) is 0 Å². The first-order valence-corrected chi connectivity index (χ1v) is 8.08. The van der Waals surface area contributed by atoms with Gasteiger partial charge >= 0.3 is 0 Å². The zero-order valence-electron chi connectivity index (χ0n) is 13.9. The van der Waals surface area contributed by atoms with Gasteiger partial charge in [0.2, 0.25) is 0 Å². The van der Waals surface area contributed by atoms with Crippen molar-refractivity contribution >= 4 is 11.7 Å². The Labute approximate surface area is 136 Å². The first kappa shape index (κ1) is 17.3. The van der Waals surface area contributed by atoms with Gasteiger partial charge in [-0.2, -0.15) is 0 Å². The van der Waals surface area contributed by atoms with Gasteiger partial charge in [-0.05, 0) is 25.2 Å². The summed E-state index contributed by atoms with van der Waals surface area (Å²) in [6.07, 6.45) is 1.74. The van der Waals surface area contributed by atoms with Crippen LogP contribution in [0.5, 0.6) is 0 Å². The lowest BCUT2D eigenvalue weighted by atomic mass is 10.00. The molecule has 0 saturated heterocycles. The molecule has 1 aliphatic rings. The van der Waals surface area contributed by atoms with Gasteiger partial charge in [0, 0.05) is 19.5 Å². The van der Waals surface area contributed by atoms with Gasteiger partial charge in [-0.1, -0.05) is 20.8 Å². The number of carbonyl (C=O) groups excluding carboxylic acids is 2. The zero-order chi connectivity index (χ0) is 17.0. The number of carbonyl (C=O) groups is 2. The lowest BCUT2D eigenvalue weighted by molar-refractivity contribution is -0.129. The number of rotatable bonds is 8. The van der Waals surface area contributed by atoms with Crippen LogP contribution in [0.2, 0.25) is 0 Å². The van der Waals surface area contributed by atoms with Crippen molar-refractivity contribution in [1.82, 2.24) is 9.80 Å². The van der Waals surface area contributed by atoms with E-state index in [1.54, 1.807) is 19.1 Å². The van der Waals surface area contributed by atoms with Crippen LogP contribution in [-0.2, 0) is 9.59 Å². The van der Waals surface area contributed by atoms with Gasteiger partial charge in [-0.3, -0.25) is 9.59 Å². The molecule has 2 rings (SSSR count). The minimum atomic E-state index is -0.638. The monoisotopic (exact) mass is 320 g/mol. The summed E-state index contributed by atoms with van der Waals surface area (Å²) in [7, 11) is 0. The molecule has 1 unspecified atom stereocenters. The molecule has 0 aromatic carbocycles. The molecule has 1 aromatic rings. The van der Waals surface area contributed by atoms with Gasteiger partial charge < -0.3 is 19.3 Å². The molecule has 23 heavy (non-hydrogen) atoms. The number of hydrogen-bond donors (Lipinski definition) is 1. The topological polar surface area (TPSA) is 74.0 Å². The molecule has 1 N–H and O–H groups in total. The Balaban J connectivity index is 2.31. The number of nitrogens with zero attached hydrogens (tertiary/aromatic N) is 2. The molecular weight excluding hydrogens is 296 g/mol. The van der Waals surface area contributed by atoms with Gasteiger partial charge in [0.25, 0.3) is 5.91 Å². The number of aliphatic hydroxyl groups excluding tert-OH is 1. The average molecular weight is 320 g/mol. The third-order valence-electron chi connectivity index (χ3n) is 4.29. The number of ketones is 1. The van der Waals surface area contributed by atoms with E-state index >= 15 is 0 Å². The van der Waals surface area contributed by atoms with Crippen molar-refractivity contribution in [3.8, 4) is 0 Å². The maximum absolute atomic E-state index is 12.4. The van der Waals surface area contributed by atoms with E-state index in [1.165, 1.54) is 11.2 Å². The SMILES string of the molecule is CCC(=O)C1=C(O)C(=O)N(CCN(CC)CC)C1c1ccco1. The molecule has 1 amide bonds. The lowest BCUT2D eigenvalue weighted by Gasteiger charge is -2.27. The quantitative estimate of drug-likeness (QED) is 0.795. The molecule has 0 aliphatic carbocycles. The highest BCUT2D eigenvalue weighted by Gasteiger charge is 2.44. The summed E-state index contributed by atoms with van der Waals surface area (Å²) in [6.45, 7) is 8.69. The highest BCUT2D eigenvalue weighted by Crippen LogP contribution is 2.38. The minimum absolute atomic E-state index is 0.145. The second-order valence-corrected chi connectivity index (χ2v) is 5.48. The van der Waals surface area contributed by atoms with Crippen LogP contribution in [0.4, 0.5) is 0 Å². The van der Waals surface area contributed by atoms with Crippen molar-refractivity contribution in [2.75, 3.05) is 26.2 Å². The summed E-state index contributed by atoms with van der Waals surface area (Å²) in [4.78, 5) is 28.4. The van der Waals surface area contributed by atoms with Crippen LogP contribution in [0.3, 0.4) is 0 Å². The fourth-order valence-corrected chi connectivity index (χ4v) is 2.89. The van der Waals surface area contributed by atoms with Gasteiger partial charge in [-0.15, -0.1) is 0 Å². The maximum atomic E-state index is 12.4. The van der Waals surface area contributed by atoms with E-state index in [0.29, 0.717) is 18.8 Å². The summed E-state index contributed by atoms with van der Waals surface area (Å²) >= 11 is 0. The number of likely N-dealkylation sites (N-methyl/N-ethyl adjacent to an activating group) is 1. The smallest absolute Gasteiger partial charge is 0.290 e. The van der Waals surface area contributed by atoms with Crippen molar-refractivity contribution in [1.29, 1.82) is 0 Å². The van der Waals surface area contributed by atoms with Crippen LogP contribution in [0.1, 0.15) is 39.0 Å². The average Bonchev–Trinajstić information content (AvgIpc) is 3.16. The lowest BCUT2D eigenvalue weighted by Crippen LogP contribution is -2.38. The summed E-state index contributed by atoms with van der Waals surface area (Å²) in [5.74, 6) is -0.686. The summed E-state index contributed by atoms with van der Waals surface area (Å²) in [5.41, 5.74) is 0.145. The zero-order valence-corrected chi connectivity index (χ0v) is 13.9. The second kappa shape index (κ2) is 7.46. The molecule has 1 aromatic heterocycles.